The molecular formula is C16H23N5O. The van der Waals surface area contributed by atoms with Crippen LogP contribution in [0.25, 0.3) is 0 Å². The minimum absolute atomic E-state index is 0.222. The van der Waals surface area contributed by atoms with Crippen LogP contribution in [0, 0.1) is 30.1 Å². The molecule has 6 nitrogen and oxygen atoms in total. The Kier molecular flexibility index (Phi) is 3.09. The van der Waals surface area contributed by atoms with Crippen molar-refractivity contribution in [2.45, 2.75) is 52.4 Å². The molecule has 0 saturated heterocycles. The number of anilines is 1. The van der Waals surface area contributed by atoms with Crippen LogP contribution in [0.1, 0.15) is 51.1 Å². The summed E-state index contributed by atoms with van der Waals surface area (Å²) in [6, 6.07) is 0. The average Bonchev–Trinajstić information content (AvgIpc) is 2.46. The summed E-state index contributed by atoms with van der Waals surface area (Å²) in [4.78, 5) is 14.2. The van der Waals surface area contributed by atoms with Crippen LogP contribution in [0.2, 0.25) is 0 Å². The molecule has 0 aliphatic heterocycles. The van der Waals surface area contributed by atoms with Gasteiger partial charge in [-0.05, 0) is 70.1 Å². The first-order valence-corrected chi connectivity index (χ1v) is 8.28. The van der Waals surface area contributed by atoms with Crippen molar-refractivity contribution in [2.24, 2.45) is 28.3 Å². The first kappa shape index (κ1) is 13.9. The highest BCUT2D eigenvalue weighted by Crippen LogP contribution is 2.60. The first-order chi connectivity index (χ1) is 10.5. The fraction of sp³-hybridized carbons (Fsp3) is 0.750. The average molecular weight is 301 g/mol. The molecule has 0 aromatic carbocycles. The molecule has 4 bridgehead atoms. The second-order valence-corrected chi connectivity index (χ2v) is 7.60. The van der Waals surface area contributed by atoms with Gasteiger partial charge in [-0.1, -0.05) is 0 Å². The Labute approximate surface area is 129 Å². The lowest BCUT2D eigenvalue weighted by Crippen LogP contribution is -2.49. The summed E-state index contributed by atoms with van der Waals surface area (Å²) < 4.78 is 0. The zero-order chi connectivity index (χ0) is 15.3. The Morgan fingerprint density at radius 1 is 1.18 bits per heavy atom. The van der Waals surface area contributed by atoms with Crippen molar-refractivity contribution in [1.29, 1.82) is 0 Å². The number of hydrogen-bond donors (Lipinski definition) is 2. The van der Waals surface area contributed by atoms with Gasteiger partial charge in [-0.25, -0.2) is 5.43 Å². The maximum absolute atomic E-state index is 11.6. The van der Waals surface area contributed by atoms with E-state index in [1.165, 1.54) is 38.5 Å². The molecule has 4 fully saturated rings. The lowest BCUT2D eigenvalue weighted by Gasteiger charge is -2.56. The monoisotopic (exact) mass is 301 g/mol. The molecule has 4 aliphatic rings. The predicted molar refractivity (Wildman–Crippen MR) is 84.7 cm³/mol. The van der Waals surface area contributed by atoms with E-state index in [9.17, 15) is 4.79 Å². The molecule has 5 rings (SSSR count). The first-order valence-electron chi connectivity index (χ1n) is 8.28. The number of nitrogens with zero attached hydrogens (tertiary/aromatic N) is 3. The van der Waals surface area contributed by atoms with Crippen LogP contribution >= 0.6 is 0 Å². The quantitative estimate of drug-likeness (QED) is 0.663. The van der Waals surface area contributed by atoms with E-state index < -0.39 is 0 Å². The summed E-state index contributed by atoms with van der Waals surface area (Å²) in [5, 5.41) is 12.3. The number of aromatic amines is 1. The standard InChI is InChI=1S/C16H23N5O/c1-9-14(22)17-15(20-18-9)21-19-10(2)16-6-11-3-12(7-16)5-13(4-11)8-16/h11-13H,3-8H2,1-2H3,(H2,17,20,21,22)/b19-10+. The van der Waals surface area contributed by atoms with Gasteiger partial charge in [0.25, 0.3) is 5.56 Å². The van der Waals surface area contributed by atoms with Crippen LogP contribution in [-0.4, -0.2) is 20.9 Å². The van der Waals surface area contributed by atoms with Crippen molar-refractivity contribution in [1.82, 2.24) is 15.2 Å². The van der Waals surface area contributed by atoms with E-state index in [0.29, 0.717) is 11.6 Å². The highest BCUT2D eigenvalue weighted by molar-refractivity contribution is 5.89. The van der Waals surface area contributed by atoms with E-state index >= 15 is 0 Å². The Morgan fingerprint density at radius 2 is 1.77 bits per heavy atom. The molecule has 6 heteroatoms. The van der Waals surface area contributed by atoms with Crippen molar-refractivity contribution in [3.63, 3.8) is 0 Å². The van der Waals surface area contributed by atoms with Crippen LogP contribution in [0.3, 0.4) is 0 Å². The second-order valence-electron chi connectivity index (χ2n) is 7.60. The summed E-state index contributed by atoms with van der Waals surface area (Å²) in [6.45, 7) is 3.76. The summed E-state index contributed by atoms with van der Waals surface area (Å²) in [5.74, 6) is 3.01. The fourth-order valence-electron chi connectivity index (χ4n) is 5.25. The molecule has 0 atom stereocenters. The summed E-state index contributed by atoms with van der Waals surface area (Å²) in [7, 11) is 0. The van der Waals surface area contributed by atoms with Crippen molar-refractivity contribution in [3.05, 3.63) is 16.0 Å². The summed E-state index contributed by atoms with van der Waals surface area (Å²) in [6.07, 6.45) is 8.13. The molecular weight excluding hydrogens is 278 g/mol. The number of aryl methyl sites for hydroxylation is 1. The normalized spacial score (nSPS) is 36.6. The molecule has 2 N–H and O–H groups in total. The molecule has 1 aromatic rings. The van der Waals surface area contributed by atoms with Crippen LogP contribution in [-0.2, 0) is 0 Å². The maximum Gasteiger partial charge on any atom is 0.274 e. The zero-order valence-electron chi connectivity index (χ0n) is 13.2. The molecule has 22 heavy (non-hydrogen) atoms. The van der Waals surface area contributed by atoms with Gasteiger partial charge >= 0.3 is 0 Å². The van der Waals surface area contributed by atoms with Crippen LogP contribution in [0.15, 0.2) is 9.90 Å². The predicted octanol–water partition coefficient (Wildman–Crippen LogP) is 2.48. The summed E-state index contributed by atoms with van der Waals surface area (Å²) >= 11 is 0. The summed E-state index contributed by atoms with van der Waals surface area (Å²) in [5.41, 5.74) is 4.48. The lowest BCUT2D eigenvalue weighted by atomic mass is 9.48. The van der Waals surface area contributed by atoms with E-state index in [0.717, 1.165) is 23.5 Å². The van der Waals surface area contributed by atoms with Gasteiger partial charge in [-0.15, -0.1) is 10.2 Å². The Hall–Kier alpha value is -1.72. The van der Waals surface area contributed by atoms with Crippen molar-refractivity contribution >= 4 is 11.7 Å². The number of H-pyrrole nitrogens is 1. The molecule has 0 unspecified atom stereocenters. The molecule has 4 aliphatic carbocycles. The van der Waals surface area contributed by atoms with E-state index in [-0.39, 0.29) is 11.0 Å². The van der Waals surface area contributed by atoms with Crippen LogP contribution < -0.4 is 11.0 Å². The van der Waals surface area contributed by atoms with E-state index in [2.05, 4.69) is 32.6 Å². The third kappa shape index (κ3) is 2.25. The minimum atomic E-state index is -0.222. The topological polar surface area (TPSA) is 83.0 Å². The lowest BCUT2D eigenvalue weighted by molar-refractivity contribution is -0.0126. The van der Waals surface area contributed by atoms with Crippen molar-refractivity contribution in [2.75, 3.05) is 5.43 Å². The van der Waals surface area contributed by atoms with Crippen molar-refractivity contribution in [3.8, 4) is 0 Å². The maximum atomic E-state index is 11.6. The van der Waals surface area contributed by atoms with Crippen molar-refractivity contribution < 1.29 is 0 Å². The van der Waals surface area contributed by atoms with E-state index in [4.69, 9.17) is 0 Å². The van der Waals surface area contributed by atoms with Gasteiger partial charge in [0.1, 0.15) is 5.69 Å². The SMILES string of the molecule is C/C(=N\Nc1nnc(C)c(=O)[nH]1)C12CC3CC(CC(C3)C1)C2. The Morgan fingerprint density at radius 3 is 2.32 bits per heavy atom. The highest BCUT2D eigenvalue weighted by Gasteiger charge is 2.52. The third-order valence-electron chi connectivity index (χ3n) is 6.00. The van der Waals surface area contributed by atoms with Gasteiger partial charge < -0.3 is 0 Å². The second kappa shape index (κ2) is 4.89. The number of hydrogen-bond acceptors (Lipinski definition) is 5. The van der Waals surface area contributed by atoms with Gasteiger partial charge in [0.15, 0.2) is 0 Å². The van der Waals surface area contributed by atoms with Gasteiger partial charge in [0.05, 0.1) is 0 Å². The number of nitrogens with one attached hydrogen (secondary N) is 2. The molecule has 1 heterocycles. The Balaban J connectivity index is 1.54. The molecule has 1 aromatic heterocycles. The van der Waals surface area contributed by atoms with Gasteiger partial charge in [-0.3, -0.25) is 9.78 Å². The van der Waals surface area contributed by atoms with Gasteiger partial charge in [-0.2, -0.15) is 5.10 Å². The van der Waals surface area contributed by atoms with Crippen LogP contribution in [0.4, 0.5) is 5.95 Å². The number of aromatic nitrogens is 3. The molecule has 118 valence electrons. The molecule has 0 radical (unpaired) electrons. The van der Waals surface area contributed by atoms with E-state index in [1.807, 2.05) is 0 Å². The van der Waals surface area contributed by atoms with E-state index in [1.54, 1.807) is 6.92 Å². The van der Waals surface area contributed by atoms with Gasteiger partial charge in [0, 0.05) is 11.1 Å². The largest absolute Gasteiger partial charge is 0.288 e. The third-order valence-corrected chi connectivity index (χ3v) is 6.00. The van der Waals surface area contributed by atoms with Crippen LogP contribution in [0.5, 0.6) is 0 Å². The van der Waals surface area contributed by atoms with Gasteiger partial charge in [0.2, 0.25) is 5.95 Å². The highest BCUT2D eigenvalue weighted by atomic mass is 16.1. The molecule has 0 spiro atoms. The number of hydrazone groups is 1. The Bertz CT molecular complexity index is 642. The molecule has 4 saturated carbocycles. The zero-order valence-corrected chi connectivity index (χ0v) is 13.2. The molecule has 0 amide bonds. The number of rotatable bonds is 3. The minimum Gasteiger partial charge on any atom is -0.288 e. The fourth-order valence-corrected chi connectivity index (χ4v) is 5.25. The smallest absolute Gasteiger partial charge is 0.274 e.